The minimum atomic E-state index is -1.80. The van der Waals surface area contributed by atoms with E-state index in [0.29, 0.717) is 13.2 Å². The maximum absolute atomic E-state index is 10.4. The van der Waals surface area contributed by atoms with Crippen molar-refractivity contribution in [2.24, 2.45) is 0 Å². The lowest BCUT2D eigenvalue weighted by Gasteiger charge is -2.10. The summed E-state index contributed by atoms with van der Waals surface area (Å²) in [5.41, 5.74) is 0. The monoisotopic (exact) mass is 177 g/mol. The first-order valence-corrected chi connectivity index (χ1v) is 4.74. The molecule has 5 heteroatoms. The third-order valence-electron chi connectivity index (χ3n) is 0.751. The van der Waals surface area contributed by atoms with Crippen molar-refractivity contribution in [2.45, 2.75) is 20.8 Å². The highest BCUT2D eigenvalue weighted by atomic mass is 28.3. The first-order valence-electron chi connectivity index (χ1n) is 3.51. The van der Waals surface area contributed by atoms with E-state index in [1.54, 1.807) is 0 Å². The topological polar surface area (TPSA) is 44.8 Å². The summed E-state index contributed by atoms with van der Waals surface area (Å²) in [4.78, 5) is 10.4. The molecule has 0 fully saturated rings. The molecule has 0 aliphatic rings. The Bertz CT molecular complexity index is 111. The van der Waals surface area contributed by atoms with Crippen LogP contribution >= 0.6 is 0 Å². The molecule has 0 aliphatic heterocycles. The maximum Gasteiger partial charge on any atom is 0.658 e. The van der Waals surface area contributed by atoms with Crippen LogP contribution in [0.25, 0.3) is 0 Å². The average molecular weight is 177 g/mol. The van der Waals surface area contributed by atoms with E-state index >= 15 is 0 Å². The third kappa shape index (κ3) is 6.02. The van der Waals surface area contributed by atoms with Gasteiger partial charge in [0.2, 0.25) is 0 Å². The van der Waals surface area contributed by atoms with Crippen LogP contribution in [-0.2, 0) is 18.1 Å². The summed E-state index contributed by atoms with van der Waals surface area (Å²) in [5.74, 6) is -0.360. The molecule has 0 amide bonds. The molecule has 0 atom stereocenters. The molecule has 0 saturated heterocycles. The van der Waals surface area contributed by atoms with Gasteiger partial charge < -0.3 is 13.3 Å². The van der Waals surface area contributed by atoms with Crippen LogP contribution in [0.5, 0.6) is 0 Å². The van der Waals surface area contributed by atoms with Crippen LogP contribution in [0.3, 0.4) is 0 Å². The Morgan fingerprint density at radius 2 is 1.73 bits per heavy atom. The number of carbonyl (C=O) groups excluding carboxylic acids is 1. The first-order chi connectivity index (χ1) is 5.20. The summed E-state index contributed by atoms with van der Waals surface area (Å²) in [6, 6.07) is 0. The molecule has 0 unspecified atom stereocenters. The van der Waals surface area contributed by atoms with Crippen molar-refractivity contribution in [1.29, 1.82) is 0 Å². The van der Waals surface area contributed by atoms with Gasteiger partial charge in [-0.15, -0.1) is 0 Å². The van der Waals surface area contributed by atoms with Crippen molar-refractivity contribution in [1.82, 2.24) is 0 Å². The van der Waals surface area contributed by atoms with Crippen LogP contribution in [0, 0.1) is 0 Å². The molecule has 0 spiro atoms. The van der Waals surface area contributed by atoms with Gasteiger partial charge in [0, 0.05) is 20.1 Å². The summed E-state index contributed by atoms with van der Waals surface area (Å²) in [5, 5.41) is 0. The van der Waals surface area contributed by atoms with Gasteiger partial charge in [0.15, 0.2) is 0 Å². The Balaban J connectivity index is 3.59. The minimum absolute atomic E-state index is 0.360. The Morgan fingerprint density at radius 3 is 2.00 bits per heavy atom. The molecule has 0 aliphatic carbocycles. The molecule has 0 heterocycles. The van der Waals surface area contributed by atoms with E-state index in [4.69, 9.17) is 13.3 Å². The minimum Gasteiger partial charge on any atom is -0.471 e. The molecule has 4 nitrogen and oxygen atoms in total. The van der Waals surface area contributed by atoms with Gasteiger partial charge in [0.1, 0.15) is 0 Å². The zero-order valence-electron chi connectivity index (χ0n) is 7.05. The Morgan fingerprint density at radius 1 is 1.27 bits per heavy atom. The zero-order chi connectivity index (χ0) is 8.69. The van der Waals surface area contributed by atoms with Crippen LogP contribution in [0.15, 0.2) is 0 Å². The lowest BCUT2D eigenvalue weighted by Crippen LogP contribution is -2.29. The number of rotatable bonds is 5. The van der Waals surface area contributed by atoms with Crippen molar-refractivity contribution in [3.8, 4) is 0 Å². The van der Waals surface area contributed by atoms with Gasteiger partial charge in [-0.1, -0.05) is 0 Å². The molecule has 0 aromatic rings. The first kappa shape index (κ1) is 10.6. The normalized spacial score (nSPS) is 10.2. The van der Waals surface area contributed by atoms with Crippen LogP contribution in [0.2, 0.25) is 0 Å². The molecule has 0 bridgehead atoms. The molecular formula is C6H13O4Si. The van der Waals surface area contributed by atoms with Gasteiger partial charge in [-0.05, 0) is 13.8 Å². The molecule has 0 N–H and O–H groups in total. The SMILES string of the molecule is CCO[Si](OCC)OC(C)=O. The summed E-state index contributed by atoms with van der Waals surface area (Å²) >= 11 is 0. The van der Waals surface area contributed by atoms with Crippen LogP contribution in [0.1, 0.15) is 20.8 Å². The zero-order valence-corrected chi connectivity index (χ0v) is 8.05. The second kappa shape index (κ2) is 6.33. The lowest BCUT2D eigenvalue weighted by atomic mass is 10.9. The second-order valence-corrected chi connectivity index (χ2v) is 2.99. The molecule has 0 saturated carbocycles. The highest BCUT2D eigenvalue weighted by Gasteiger charge is 2.21. The van der Waals surface area contributed by atoms with E-state index in [1.807, 2.05) is 13.8 Å². The van der Waals surface area contributed by atoms with Gasteiger partial charge >= 0.3 is 9.53 Å². The molecule has 0 rings (SSSR count). The van der Waals surface area contributed by atoms with Gasteiger partial charge in [-0.25, -0.2) is 0 Å². The van der Waals surface area contributed by atoms with Crippen LogP contribution in [-0.4, -0.2) is 28.7 Å². The number of hydrogen-bond acceptors (Lipinski definition) is 4. The van der Waals surface area contributed by atoms with Gasteiger partial charge in [0.25, 0.3) is 5.97 Å². The Hall–Kier alpha value is -0.393. The van der Waals surface area contributed by atoms with Gasteiger partial charge in [-0.2, -0.15) is 0 Å². The number of carbonyl (C=O) groups is 1. The Labute approximate surface area is 68.4 Å². The van der Waals surface area contributed by atoms with E-state index in [2.05, 4.69) is 0 Å². The fourth-order valence-corrected chi connectivity index (χ4v) is 1.36. The molecule has 11 heavy (non-hydrogen) atoms. The van der Waals surface area contributed by atoms with Gasteiger partial charge in [-0.3, -0.25) is 4.79 Å². The summed E-state index contributed by atoms with van der Waals surface area (Å²) in [6.07, 6.45) is 0. The summed E-state index contributed by atoms with van der Waals surface area (Å²) < 4.78 is 14.8. The summed E-state index contributed by atoms with van der Waals surface area (Å²) in [6.45, 7) is 5.99. The van der Waals surface area contributed by atoms with Crippen LogP contribution < -0.4 is 0 Å². The highest BCUT2D eigenvalue weighted by molar-refractivity contribution is 6.39. The third-order valence-corrected chi connectivity index (χ3v) is 2.25. The summed E-state index contributed by atoms with van der Waals surface area (Å²) in [7, 11) is -1.80. The Kier molecular flexibility index (Phi) is 6.10. The molecular weight excluding hydrogens is 164 g/mol. The van der Waals surface area contributed by atoms with E-state index in [9.17, 15) is 4.79 Å². The molecule has 0 aromatic carbocycles. The van der Waals surface area contributed by atoms with Crippen molar-refractivity contribution >= 4 is 15.5 Å². The van der Waals surface area contributed by atoms with Crippen molar-refractivity contribution in [2.75, 3.05) is 13.2 Å². The smallest absolute Gasteiger partial charge is 0.471 e. The van der Waals surface area contributed by atoms with E-state index < -0.39 is 9.53 Å². The number of hydrogen-bond donors (Lipinski definition) is 0. The lowest BCUT2D eigenvalue weighted by molar-refractivity contribution is -0.135. The van der Waals surface area contributed by atoms with Gasteiger partial charge in [0.05, 0.1) is 0 Å². The largest absolute Gasteiger partial charge is 0.658 e. The van der Waals surface area contributed by atoms with E-state index in [1.165, 1.54) is 6.92 Å². The van der Waals surface area contributed by atoms with Crippen molar-refractivity contribution in [3.63, 3.8) is 0 Å². The molecule has 1 radical (unpaired) electrons. The highest BCUT2D eigenvalue weighted by Crippen LogP contribution is 1.92. The second-order valence-electron chi connectivity index (χ2n) is 1.71. The fourth-order valence-electron chi connectivity index (χ4n) is 0.454. The standard InChI is InChI=1S/C6H13O4Si/c1-4-8-11(9-5-2)10-6(3)7/h4-5H2,1-3H3. The van der Waals surface area contributed by atoms with E-state index in [0.717, 1.165) is 0 Å². The van der Waals surface area contributed by atoms with E-state index in [-0.39, 0.29) is 5.97 Å². The van der Waals surface area contributed by atoms with Crippen molar-refractivity contribution < 1.29 is 18.1 Å². The van der Waals surface area contributed by atoms with Crippen LogP contribution in [0.4, 0.5) is 0 Å². The average Bonchev–Trinajstić information content (AvgIpc) is 1.87. The quantitative estimate of drug-likeness (QED) is 0.577. The maximum atomic E-state index is 10.4. The van der Waals surface area contributed by atoms with Crippen molar-refractivity contribution in [3.05, 3.63) is 0 Å². The fraction of sp³-hybridized carbons (Fsp3) is 0.833. The molecule has 0 aromatic heterocycles. The predicted octanol–water partition coefficient (Wildman–Crippen LogP) is 0.607. The predicted molar refractivity (Wildman–Crippen MR) is 40.8 cm³/mol. The molecule has 65 valence electrons.